The van der Waals surface area contributed by atoms with Gasteiger partial charge in [-0.3, -0.25) is 4.79 Å². The van der Waals surface area contributed by atoms with E-state index in [1.807, 2.05) is 0 Å². The molecule has 1 rings (SSSR count). The van der Waals surface area contributed by atoms with Crippen LogP contribution in [0.3, 0.4) is 0 Å². The largest absolute Gasteiger partial charge is 0.465 e. The number of hydrogen-bond acceptors (Lipinski definition) is 4. The topological polar surface area (TPSA) is 76.1 Å². The maximum absolute atomic E-state index is 11.4. The van der Waals surface area contributed by atoms with Crippen molar-refractivity contribution in [3.05, 3.63) is 0 Å². The third-order valence-electron chi connectivity index (χ3n) is 2.41. The Kier molecular flexibility index (Phi) is 2.89. The average molecular weight is 182 g/mol. The molecule has 0 saturated heterocycles. The van der Waals surface area contributed by atoms with E-state index in [4.69, 9.17) is 15.7 Å². The first kappa shape index (κ1) is 10.0. The number of ether oxygens (including phenoxy) is 1. The SMILES string of the molecule is CCOC(=O)C1(N)CCC(C#N)C1. The highest BCUT2D eigenvalue weighted by Crippen LogP contribution is 2.33. The third-order valence-corrected chi connectivity index (χ3v) is 2.41. The van der Waals surface area contributed by atoms with Gasteiger partial charge in [0, 0.05) is 5.92 Å². The summed E-state index contributed by atoms with van der Waals surface area (Å²) in [4.78, 5) is 11.4. The molecule has 0 spiro atoms. The van der Waals surface area contributed by atoms with Crippen molar-refractivity contribution < 1.29 is 9.53 Å². The van der Waals surface area contributed by atoms with E-state index in [0.717, 1.165) is 0 Å². The first-order valence-corrected chi connectivity index (χ1v) is 4.48. The molecule has 13 heavy (non-hydrogen) atoms. The van der Waals surface area contributed by atoms with Gasteiger partial charge in [0.2, 0.25) is 0 Å². The first-order valence-electron chi connectivity index (χ1n) is 4.48. The molecule has 0 radical (unpaired) electrons. The lowest BCUT2D eigenvalue weighted by Crippen LogP contribution is -2.46. The van der Waals surface area contributed by atoms with Crippen LogP contribution < -0.4 is 5.73 Å². The summed E-state index contributed by atoms with van der Waals surface area (Å²) >= 11 is 0. The number of rotatable bonds is 2. The highest BCUT2D eigenvalue weighted by Gasteiger charge is 2.43. The molecular formula is C9H14N2O2. The van der Waals surface area contributed by atoms with Gasteiger partial charge < -0.3 is 10.5 Å². The van der Waals surface area contributed by atoms with E-state index < -0.39 is 5.54 Å². The van der Waals surface area contributed by atoms with Gasteiger partial charge in [0.05, 0.1) is 12.7 Å². The zero-order chi connectivity index (χ0) is 9.90. The molecule has 2 atom stereocenters. The zero-order valence-electron chi connectivity index (χ0n) is 7.75. The van der Waals surface area contributed by atoms with Crippen molar-refractivity contribution in [2.24, 2.45) is 11.7 Å². The molecule has 0 aromatic carbocycles. The lowest BCUT2D eigenvalue weighted by Gasteiger charge is -2.20. The Morgan fingerprint density at radius 3 is 3.00 bits per heavy atom. The van der Waals surface area contributed by atoms with Gasteiger partial charge in [-0.15, -0.1) is 0 Å². The van der Waals surface area contributed by atoms with Crippen molar-refractivity contribution >= 4 is 5.97 Å². The fourth-order valence-electron chi connectivity index (χ4n) is 1.65. The van der Waals surface area contributed by atoms with E-state index in [1.165, 1.54) is 0 Å². The maximum atomic E-state index is 11.4. The van der Waals surface area contributed by atoms with Crippen LogP contribution >= 0.6 is 0 Å². The van der Waals surface area contributed by atoms with Gasteiger partial charge >= 0.3 is 5.97 Å². The molecule has 2 unspecified atom stereocenters. The summed E-state index contributed by atoms with van der Waals surface area (Å²) in [6.07, 6.45) is 1.69. The standard InChI is InChI=1S/C9H14N2O2/c1-2-13-8(12)9(11)4-3-7(5-9)6-10/h7H,2-5,11H2,1H3. The Bertz CT molecular complexity index is 246. The summed E-state index contributed by atoms with van der Waals surface area (Å²) in [5.41, 5.74) is 4.92. The summed E-state index contributed by atoms with van der Waals surface area (Å²) in [7, 11) is 0. The Morgan fingerprint density at radius 2 is 2.54 bits per heavy atom. The maximum Gasteiger partial charge on any atom is 0.326 e. The van der Waals surface area contributed by atoms with Crippen molar-refractivity contribution in [3.63, 3.8) is 0 Å². The van der Waals surface area contributed by atoms with Crippen molar-refractivity contribution in [2.45, 2.75) is 31.7 Å². The minimum absolute atomic E-state index is 0.0885. The normalized spacial score (nSPS) is 32.5. The van der Waals surface area contributed by atoms with E-state index in [1.54, 1.807) is 6.92 Å². The van der Waals surface area contributed by atoms with Gasteiger partial charge in [0.1, 0.15) is 5.54 Å². The van der Waals surface area contributed by atoms with Gasteiger partial charge in [-0.1, -0.05) is 0 Å². The summed E-state index contributed by atoms with van der Waals surface area (Å²) in [5, 5.41) is 8.65. The van der Waals surface area contributed by atoms with Crippen LogP contribution in [0.25, 0.3) is 0 Å². The number of nitriles is 1. The van der Waals surface area contributed by atoms with Crippen molar-refractivity contribution in [2.75, 3.05) is 6.61 Å². The second-order valence-electron chi connectivity index (χ2n) is 3.45. The second-order valence-corrected chi connectivity index (χ2v) is 3.45. The van der Waals surface area contributed by atoms with Gasteiger partial charge in [-0.05, 0) is 26.2 Å². The first-order chi connectivity index (χ1) is 6.12. The number of nitrogens with zero attached hydrogens (tertiary/aromatic N) is 1. The molecule has 2 N–H and O–H groups in total. The van der Waals surface area contributed by atoms with E-state index in [9.17, 15) is 4.79 Å². The molecule has 0 aromatic rings. The third kappa shape index (κ3) is 1.99. The minimum atomic E-state index is -0.906. The number of carbonyl (C=O) groups is 1. The molecule has 0 heterocycles. The van der Waals surface area contributed by atoms with Gasteiger partial charge in [0.15, 0.2) is 0 Å². The van der Waals surface area contributed by atoms with Crippen LogP contribution in [0, 0.1) is 17.2 Å². The number of carbonyl (C=O) groups excluding carboxylic acids is 1. The van der Waals surface area contributed by atoms with Crippen LogP contribution in [0.1, 0.15) is 26.2 Å². The van der Waals surface area contributed by atoms with Crippen LogP contribution in [0.4, 0.5) is 0 Å². The Morgan fingerprint density at radius 1 is 1.85 bits per heavy atom. The van der Waals surface area contributed by atoms with Crippen LogP contribution in [0.15, 0.2) is 0 Å². The molecule has 1 aliphatic carbocycles. The quantitative estimate of drug-likeness (QED) is 0.633. The smallest absolute Gasteiger partial charge is 0.326 e. The Hall–Kier alpha value is -1.08. The van der Waals surface area contributed by atoms with Gasteiger partial charge in [0.25, 0.3) is 0 Å². The molecule has 0 bridgehead atoms. The fraction of sp³-hybridized carbons (Fsp3) is 0.778. The molecule has 72 valence electrons. The van der Waals surface area contributed by atoms with Crippen LogP contribution in [-0.2, 0) is 9.53 Å². The highest BCUT2D eigenvalue weighted by molar-refractivity contribution is 5.81. The molecule has 4 nitrogen and oxygen atoms in total. The molecule has 0 aliphatic heterocycles. The van der Waals surface area contributed by atoms with Crippen LogP contribution in [0.5, 0.6) is 0 Å². The molecular weight excluding hydrogens is 168 g/mol. The molecule has 1 aliphatic rings. The highest BCUT2D eigenvalue weighted by atomic mass is 16.5. The lowest BCUT2D eigenvalue weighted by atomic mass is 9.98. The average Bonchev–Trinajstić information content (AvgIpc) is 2.49. The summed E-state index contributed by atoms with van der Waals surface area (Å²) < 4.78 is 4.85. The summed E-state index contributed by atoms with van der Waals surface area (Å²) in [6.45, 7) is 2.09. The molecule has 1 fully saturated rings. The van der Waals surface area contributed by atoms with Crippen LogP contribution in [-0.4, -0.2) is 18.1 Å². The lowest BCUT2D eigenvalue weighted by molar-refractivity contribution is -0.149. The van der Waals surface area contributed by atoms with E-state index >= 15 is 0 Å². The number of esters is 1. The van der Waals surface area contributed by atoms with E-state index in [0.29, 0.717) is 25.9 Å². The Labute approximate surface area is 77.7 Å². The monoisotopic (exact) mass is 182 g/mol. The summed E-state index contributed by atoms with van der Waals surface area (Å²) in [6, 6.07) is 2.13. The molecule has 1 saturated carbocycles. The second kappa shape index (κ2) is 3.75. The van der Waals surface area contributed by atoms with Crippen LogP contribution in [0.2, 0.25) is 0 Å². The summed E-state index contributed by atoms with van der Waals surface area (Å²) in [5.74, 6) is -0.456. The molecule has 4 heteroatoms. The predicted molar refractivity (Wildman–Crippen MR) is 46.5 cm³/mol. The molecule has 0 amide bonds. The van der Waals surface area contributed by atoms with E-state index in [2.05, 4.69) is 6.07 Å². The van der Waals surface area contributed by atoms with Crippen molar-refractivity contribution in [3.8, 4) is 6.07 Å². The van der Waals surface area contributed by atoms with Gasteiger partial charge in [-0.2, -0.15) is 5.26 Å². The van der Waals surface area contributed by atoms with E-state index in [-0.39, 0.29) is 11.9 Å². The van der Waals surface area contributed by atoms with Crippen molar-refractivity contribution in [1.82, 2.24) is 0 Å². The fourth-order valence-corrected chi connectivity index (χ4v) is 1.65. The predicted octanol–water partition coefficient (Wildman–Crippen LogP) is 0.571. The zero-order valence-corrected chi connectivity index (χ0v) is 7.75. The van der Waals surface area contributed by atoms with Gasteiger partial charge in [-0.25, -0.2) is 0 Å². The Balaban J connectivity index is 2.59. The number of nitrogens with two attached hydrogens (primary N) is 1. The molecule has 0 aromatic heterocycles. The minimum Gasteiger partial charge on any atom is -0.465 e. The number of hydrogen-bond donors (Lipinski definition) is 1. The van der Waals surface area contributed by atoms with Crippen molar-refractivity contribution in [1.29, 1.82) is 5.26 Å².